The van der Waals surface area contributed by atoms with Crippen LogP contribution in [0.2, 0.25) is 5.02 Å². The fraction of sp³-hybridized carbons (Fsp3) is 0.381. The predicted molar refractivity (Wildman–Crippen MR) is 113 cm³/mol. The first-order valence-electron chi connectivity index (χ1n) is 9.48. The van der Waals surface area contributed by atoms with Crippen LogP contribution >= 0.6 is 24.0 Å². The highest BCUT2D eigenvalue weighted by atomic mass is 35.5. The van der Waals surface area contributed by atoms with E-state index in [2.05, 4.69) is 5.32 Å². The lowest BCUT2D eigenvalue weighted by Crippen LogP contribution is -2.47. The summed E-state index contributed by atoms with van der Waals surface area (Å²) in [6, 6.07) is 11.9. The Morgan fingerprint density at radius 1 is 1.16 bits per heavy atom. The zero-order valence-electron chi connectivity index (χ0n) is 16.4. The minimum Gasteiger partial charge on any atom is -0.435 e. The number of alkyl halides is 3. The van der Waals surface area contributed by atoms with Gasteiger partial charge in [-0.25, -0.2) is 9.18 Å². The molecule has 2 aromatic rings. The highest BCUT2D eigenvalue weighted by Crippen LogP contribution is 2.30. The Labute approximate surface area is 188 Å². The summed E-state index contributed by atoms with van der Waals surface area (Å²) in [6.45, 7) is 0.377. The molecule has 170 valence electrons. The van der Waals surface area contributed by atoms with Crippen LogP contribution in [0.5, 0.6) is 0 Å². The molecule has 1 N–H and O–H groups in total. The second-order valence-corrected chi connectivity index (χ2v) is 7.65. The van der Waals surface area contributed by atoms with Crippen molar-refractivity contribution in [2.75, 3.05) is 25.0 Å². The lowest BCUT2D eigenvalue weighted by Gasteiger charge is -2.35. The number of carbonyl (C=O) groups excluding carboxylic acids is 1. The van der Waals surface area contributed by atoms with E-state index in [1.54, 1.807) is 17.0 Å². The third kappa shape index (κ3) is 7.55. The van der Waals surface area contributed by atoms with E-state index in [9.17, 15) is 22.4 Å². The van der Waals surface area contributed by atoms with E-state index < -0.39 is 24.9 Å². The smallest absolute Gasteiger partial charge is 0.426 e. The van der Waals surface area contributed by atoms with Crippen LogP contribution in [-0.2, 0) is 4.74 Å². The van der Waals surface area contributed by atoms with Crippen LogP contribution < -0.4 is 5.32 Å². The van der Waals surface area contributed by atoms with Gasteiger partial charge in [0.15, 0.2) is 0 Å². The zero-order chi connectivity index (χ0) is 21.7. The van der Waals surface area contributed by atoms with Crippen LogP contribution in [0, 0.1) is 5.82 Å². The molecule has 0 aliphatic carbocycles. The highest BCUT2D eigenvalue weighted by molar-refractivity contribution is 6.30. The quantitative estimate of drug-likeness (QED) is 0.513. The molecule has 0 aromatic heterocycles. The number of rotatable bonds is 5. The molecule has 0 saturated carbocycles. The van der Waals surface area contributed by atoms with E-state index >= 15 is 0 Å². The van der Waals surface area contributed by atoms with Crippen LogP contribution in [0.15, 0.2) is 48.5 Å². The number of amides is 1. The van der Waals surface area contributed by atoms with Gasteiger partial charge in [-0.2, -0.15) is 13.2 Å². The molecule has 1 aliphatic rings. The maximum absolute atomic E-state index is 13.5. The van der Waals surface area contributed by atoms with Gasteiger partial charge in [0.25, 0.3) is 0 Å². The van der Waals surface area contributed by atoms with Crippen LogP contribution in [0.4, 0.5) is 28.0 Å². The molecule has 1 saturated heterocycles. The summed E-state index contributed by atoms with van der Waals surface area (Å²) < 4.78 is 58.3. The average molecular weight is 481 g/mol. The summed E-state index contributed by atoms with van der Waals surface area (Å²) in [5.74, 6) is -0.361. The minimum atomic E-state index is -4.71. The van der Waals surface area contributed by atoms with Gasteiger partial charge in [-0.3, -0.25) is 10.2 Å². The summed E-state index contributed by atoms with van der Waals surface area (Å²) in [5, 5.41) is 2.71. The number of nitrogens with one attached hydrogen (secondary N) is 1. The normalized spacial score (nSPS) is 18.0. The number of benzene rings is 2. The molecule has 0 spiro atoms. The summed E-state index contributed by atoms with van der Waals surface area (Å²) in [7, 11) is 0. The maximum Gasteiger partial charge on any atom is 0.426 e. The number of carbonyl (C=O) groups is 1. The van der Waals surface area contributed by atoms with Gasteiger partial charge in [-0.15, -0.1) is 12.4 Å². The van der Waals surface area contributed by atoms with Crippen molar-refractivity contribution < 1.29 is 27.1 Å². The average Bonchev–Trinajstić information content (AvgIpc) is 2.69. The molecule has 0 radical (unpaired) electrons. The van der Waals surface area contributed by atoms with Crippen molar-refractivity contribution in [3.8, 4) is 0 Å². The number of ether oxygens (including phenoxy) is 1. The van der Waals surface area contributed by atoms with E-state index in [4.69, 9.17) is 16.3 Å². The lowest BCUT2D eigenvalue weighted by atomic mass is 9.90. The van der Waals surface area contributed by atoms with Gasteiger partial charge in [0.2, 0.25) is 6.10 Å². The fourth-order valence-corrected chi connectivity index (χ4v) is 3.61. The first-order chi connectivity index (χ1) is 14.2. The third-order valence-electron chi connectivity index (χ3n) is 4.98. The first kappa shape index (κ1) is 25.2. The van der Waals surface area contributed by atoms with E-state index in [1.807, 2.05) is 0 Å². The molecule has 2 aromatic carbocycles. The maximum atomic E-state index is 13.5. The predicted octanol–water partition coefficient (Wildman–Crippen LogP) is 6.26. The van der Waals surface area contributed by atoms with Gasteiger partial charge >= 0.3 is 12.3 Å². The van der Waals surface area contributed by atoms with Crippen LogP contribution in [0.25, 0.3) is 0 Å². The molecule has 1 heterocycles. The molecule has 1 aliphatic heterocycles. The summed E-state index contributed by atoms with van der Waals surface area (Å²) in [4.78, 5) is 13.6. The topological polar surface area (TPSA) is 41.6 Å². The molecule has 4 nitrogen and oxygen atoms in total. The molecular weight excluding hydrogens is 459 g/mol. The minimum absolute atomic E-state index is 0. The fourth-order valence-electron chi connectivity index (χ4n) is 3.48. The van der Waals surface area contributed by atoms with E-state index in [-0.39, 0.29) is 29.8 Å². The molecule has 31 heavy (non-hydrogen) atoms. The number of halogens is 6. The monoisotopic (exact) mass is 480 g/mol. The van der Waals surface area contributed by atoms with Gasteiger partial charge in [0.1, 0.15) is 5.82 Å². The van der Waals surface area contributed by atoms with Gasteiger partial charge < -0.3 is 4.74 Å². The Hall–Kier alpha value is -2.03. The molecule has 10 heteroatoms. The Bertz CT molecular complexity index is 848. The Kier molecular flexibility index (Phi) is 8.97. The number of hydrogen-bond acceptors (Lipinski definition) is 3. The van der Waals surface area contributed by atoms with Crippen molar-refractivity contribution >= 4 is 35.8 Å². The summed E-state index contributed by atoms with van der Waals surface area (Å²) in [5.41, 5.74) is 1.16. The van der Waals surface area contributed by atoms with Crippen molar-refractivity contribution in [2.45, 2.75) is 31.0 Å². The SMILES string of the molecule is Cl.O=C(Nc1ccc(Cl)cc1)OC(CN1CCC[C@@H](c2ccc(F)cc2)C1)C(F)(F)F. The van der Waals surface area contributed by atoms with Gasteiger partial charge in [-0.1, -0.05) is 23.7 Å². The second kappa shape index (κ2) is 11.0. The zero-order valence-corrected chi connectivity index (χ0v) is 17.9. The number of likely N-dealkylation sites (tertiary alicyclic amines) is 1. The van der Waals surface area contributed by atoms with E-state index in [0.29, 0.717) is 24.5 Å². The van der Waals surface area contributed by atoms with Crippen molar-refractivity contribution in [3.05, 3.63) is 64.9 Å². The van der Waals surface area contributed by atoms with Crippen molar-refractivity contribution in [1.82, 2.24) is 4.90 Å². The molecule has 1 fully saturated rings. The van der Waals surface area contributed by atoms with Gasteiger partial charge in [0.05, 0.1) is 0 Å². The Morgan fingerprint density at radius 2 is 1.81 bits per heavy atom. The molecule has 1 amide bonds. The molecular formula is C21H22Cl2F4N2O2. The van der Waals surface area contributed by atoms with Crippen molar-refractivity contribution in [1.29, 1.82) is 0 Å². The third-order valence-corrected chi connectivity index (χ3v) is 5.23. The number of hydrogen-bond donors (Lipinski definition) is 1. The lowest BCUT2D eigenvalue weighted by molar-refractivity contribution is -0.207. The molecule has 3 rings (SSSR count). The Morgan fingerprint density at radius 3 is 2.42 bits per heavy atom. The number of anilines is 1. The number of piperidine rings is 1. The van der Waals surface area contributed by atoms with Crippen LogP contribution in [0.1, 0.15) is 24.3 Å². The van der Waals surface area contributed by atoms with E-state index in [0.717, 1.165) is 12.0 Å². The molecule has 0 bridgehead atoms. The molecule has 1 unspecified atom stereocenters. The largest absolute Gasteiger partial charge is 0.435 e. The number of nitrogens with zero attached hydrogens (tertiary/aromatic N) is 1. The van der Waals surface area contributed by atoms with Crippen molar-refractivity contribution in [3.63, 3.8) is 0 Å². The highest BCUT2D eigenvalue weighted by Gasteiger charge is 2.44. The van der Waals surface area contributed by atoms with E-state index in [1.165, 1.54) is 36.4 Å². The van der Waals surface area contributed by atoms with Gasteiger partial charge in [-0.05, 0) is 67.3 Å². The first-order valence-corrected chi connectivity index (χ1v) is 9.86. The van der Waals surface area contributed by atoms with Gasteiger partial charge in [0, 0.05) is 23.8 Å². The summed E-state index contributed by atoms with van der Waals surface area (Å²) >= 11 is 5.75. The van der Waals surface area contributed by atoms with Crippen LogP contribution in [0.3, 0.4) is 0 Å². The van der Waals surface area contributed by atoms with Crippen LogP contribution in [-0.4, -0.2) is 42.9 Å². The Balaban J connectivity index is 0.00000341. The summed E-state index contributed by atoms with van der Waals surface area (Å²) in [6.07, 6.45) is -6.66. The standard InChI is InChI=1S/C21H21ClF4N2O2.ClH/c22-16-5-9-18(10-6-16)27-20(29)30-19(21(24,25)26)13-28-11-1-2-15(12-28)14-3-7-17(23)8-4-14;/h3-10,15,19H,1-2,11-13H2,(H,27,29);1H/t15-,19?;/m1./s1. The molecule has 2 atom stereocenters. The van der Waals surface area contributed by atoms with Crippen molar-refractivity contribution in [2.24, 2.45) is 0 Å². The second-order valence-electron chi connectivity index (χ2n) is 7.22.